The van der Waals surface area contributed by atoms with E-state index in [1.165, 1.54) is 70.7 Å². The second-order valence-corrected chi connectivity index (χ2v) is 26.2. The highest BCUT2D eigenvalue weighted by Gasteiger charge is 2.43. The van der Waals surface area contributed by atoms with Gasteiger partial charge in [-0.15, -0.1) is 0 Å². The van der Waals surface area contributed by atoms with E-state index < -0.39 is 162 Å². The van der Waals surface area contributed by atoms with Crippen molar-refractivity contribution in [2.75, 3.05) is 54.9 Å². The van der Waals surface area contributed by atoms with E-state index in [2.05, 4.69) is 31.9 Å². The van der Waals surface area contributed by atoms with Crippen LogP contribution in [0.15, 0.2) is 60.7 Å². The zero-order valence-electron chi connectivity index (χ0n) is 56.9. The van der Waals surface area contributed by atoms with Crippen molar-refractivity contribution >= 4 is 70.9 Å². The molecule has 2 aliphatic rings. The molecular weight excluding hydrogens is 1180 g/mol. The van der Waals surface area contributed by atoms with Crippen LogP contribution in [0.2, 0.25) is 0 Å². The molecule has 25 heteroatoms. The van der Waals surface area contributed by atoms with E-state index in [1.54, 1.807) is 86.3 Å². The number of carbonyl (C=O) groups excluding carboxylic acids is 12. The maximum Gasteiger partial charge on any atom is 0.248 e. The fourth-order valence-electron chi connectivity index (χ4n) is 11.8. The summed E-state index contributed by atoms with van der Waals surface area (Å²) in [6.45, 7) is 18.5. The van der Waals surface area contributed by atoms with Gasteiger partial charge in [-0.1, -0.05) is 122 Å². The molecule has 2 fully saturated rings. The molecular formula is C67H104N12O13. The number of likely N-dealkylation sites (tertiary alicyclic amines) is 1. The van der Waals surface area contributed by atoms with Crippen LogP contribution in [0.4, 0.5) is 0 Å². The van der Waals surface area contributed by atoms with Gasteiger partial charge in [-0.05, 0) is 87.7 Å². The van der Waals surface area contributed by atoms with Crippen LogP contribution in [-0.4, -0.2) is 227 Å². The SMILES string of the molecule is CC[C@H](C)[C@H]1C(=O)N[C@@H](C)C(=O)N(C)[C@@H](Cc2ccccc2)C(=O)N[C@@H]([C@@H](C)O)C(=O)N(C)[C@@H](CC(C)C)C(=O)N[C@@H](Cc2ccccc2)C(=O)N(C)[C@@H](C(C)C)C(=O)N[C@H](C(=O)N2CCCCC2)CC(=O)N[C@@H](C)C(=O)NCC(=O)N(C)[C@@H](CC(C)C)C(=O)N1C. The van der Waals surface area contributed by atoms with Gasteiger partial charge in [0.2, 0.25) is 70.9 Å². The first-order valence-electron chi connectivity index (χ1n) is 32.4. The molecule has 12 amide bonds. The number of carbonyl (C=O) groups is 12. The minimum absolute atomic E-state index is 0.0334. The molecule has 510 valence electrons. The summed E-state index contributed by atoms with van der Waals surface area (Å²) < 4.78 is 0. The molecule has 0 unspecified atom stereocenters. The Morgan fingerprint density at radius 3 is 1.57 bits per heavy atom. The second kappa shape index (κ2) is 35.7. The predicted molar refractivity (Wildman–Crippen MR) is 347 cm³/mol. The van der Waals surface area contributed by atoms with Crippen molar-refractivity contribution in [3.63, 3.8) is 0 Å². The van der Waals surface area contributed by atoms with Crippen LogP contribution >= 0.6 is 0 Å². The summed E-state index contributed by atoms with van der Waals surface area (Å²) in [7, 11) is 6.91. The fourth-order valence-corrected chi connectivity index (χ4v) is 11.8. The van der Waals surface area contributed by atoms with Gasteiger partial charge < -0.3 is 66.4 Å². The first kappa shape index (κ1) is 76.5. The molecule has 12 atom stereocenters. The third kappa shape index (κ3) is 21.3. The van der Waals surface area contributed by atoms with E-state index >= 15 is 4.79 Å². The number of amides is 12. The molecule has 4 rings (SSSR count). The molecule has 2 aromatic carbocycles. The van der Waals surface area contributed by atoms with Gasteiger partial charge in [-0.25, -0.2) is 0 Å². The number of aliphatic hydroxyl groups excluding tert-OH is 1. The highest BCUT2D eigenvalue weighted by atomic mass is 16.3. The minimum atomic E-state index is -1.70. The summed E-state index contributed by atoms with van der Waals surface area (Å²) in [5.74, 6) is -10.4. The summed E-state index contributed by atoms with van der Waals surface area (Å²) in [5.41, 5.74) is 1.24. The van der Waals surface area contributed by atoms with Gasteiger partial charge in [0, 0.05) is 61.2 Å². The molecule has 0 saturated carbocycles. The number of likely N-dealkylation sites (N-methyl/N-ethyl adjacent to an activating group) is 5. The third-order valence-corrected chi connectivity index (χ3v) is 17.5. The van der Waals surface area contributed by atoms with Crippen LogP contribution in [0.5, 0.6) is 0 Å². The molecule has 2 heterocycles. The van der Waals surface area contributed by atoms with Crippen LogP contribution in [0.3, 0.4) is 0 Å². The molecule has 2 saturated heterocycles. The van der Waals surface area contributed by atoms with Crippen molar-refractivity contribution in [3.8, 4) is 0 Å². The molecule has 2 aliphatic heterocycles. The standard InChI is InChI=1S/C67H104N12O13/c1-17-42(8)57-62(87)70-44(10)63(88)75(13)51(36-47-29-23-19-24-30-47)60(85)73-55(45(11)80)67(92)76(14)50(33-39(2)3)59(84)71-48(35-46-27-21-18-22-28-46)64(89)77(15)56(41(6)7)61(86)72-49(65(90)79-31-25-20-26-32-79)37-53(81)69-43(9)58(83)68-38-54(82)74(12)52(34-40(4)5)66(91)78(57)16/h18-19,21-24,27-30,39-45,48-52,55-57,80H,17,20,25-26,31-38H2,1-16H3,(H,68,83)(H,69,81)(H,70,87)(H,71,84)(H,72,86)(H,73,85)/t42-,43-,44-,45+,48-,49-,50-,51-,52-,55-,56-,57-/m0/s1. The van der Waals surface area contributed by atoms with Crippen molar-refractivity contribution in [3.05, 3.63) is 71.8 Å². The van der Waals surface area contributed by atoms with Crippen LogP contribution in [0, 0.1) is 23.7 Å². The van der Waals surface area contributed by atoms with Crippen molar-refractivity contribution in [2.45, 2.75) is 200 Å². The van der Waals surface area contributed by atoms with Gasteiger partial charge in [0.15, 0.2) is 0 Å². The normalized spacial score (nSPS) is 26.2. The maximum atomic E-state index is 15.1. The van der Waals surface area contributed by atoms with E-state index in [1.807, 2.05) is 34.6 Å². The van der Waals surface area contributed by atoms with Gasteiger partial charge >= 0.3 is 0 Å². The summed E-state index contributed by atoms with van der Waals surface area (Å²) in [5, 5.41) is 27.6. The first-order valence-corrected chi connectivity index (χ1v) is 32.4. The van der Waals surface area contributed by atoms with Crippen molar-refractivity contribution in [2.24, 2.45) is 23.7 Å². The highest BCUT2D eigenvalue weighted by Crippen LogP contribution is 2.23. The topological polar surface area (TPSA) is 317 Å². The molecule has 92 heavy (non-hydrogen) atoms. The summed E-state index contributed by atoms with van der Waals surface area (Å²) >= 11 is 0. The summed E-state index contributed by atoms with van der Waals surface area (Å²) in [6.07, 6.45) is 0.418. The molecule has 0 radical (unpaired) electrons. The minimum Gasteiger partial charge on any atom is -0.391 e. The van der Waals surface area contributed by atoms with Gasteiger partial charge in [0.1, 0.15) is 60.4 Å². The number of piperidine rings is 1. The summed E-state index contributed by atoms with van der Waals surface area (Å²) in [6, 6.07) is 4.05. The Bertz CT molecular complexity index is 2870. The predicted octanol–water partition coefficient (Wildman–Crippen LogP) is 1.78. The number of aliphatic hydroxyl groups is 1. The number of benzene rings is 2. The monoisotopic (exact) mass is 1280 g/mol. The highest BCUT2D eigenvalue weighted by molar-refractivity contribution is 6.00. The zero-order chi connectivity index (χ0) is 69.0. The van der Waals surface area contributed by atoms with E-state index in [9.17, 15) is 57.8 Å². The lowest BCUT2D eigenvalue weighted by Crippen LogP contribution is -2.63. The summed E-state index contributed by atoms with van der Waals surface area (Å²) in [4.78, 5) is 182. The van der Waals surface area contributed by atoms with Gasteiger partial charge in [-0.3, -0.25) is 57.5 Å². The van der Waals surface area contributed by atoms with Crippen molar-refractivity contribution in [1.29, 1.82) is 0 Å². The van der Waals surface area contributed by atoms with Gasteiger partial charge in [0.05, 0.1) is 19.1 Å². The molecule has 25 nitrogen and oxygen atoms in total. The van der Waals surface area contributed by atoms with E-state index in [4.69, 9.17) is 0 Å². The number of nitrogens with zero attached hydrogens (tertiary/aromatic N) is 6. The smallest absolute Gasteiger partial charge is 0.248 e. The molecule has 0 spiro atoms. The second-order valence-electron chi connectivity index (χ2n) is 26.2. The van der Waals surface area contributed by atoms with Crippen molar-refractivity contribution < 1.29 is 62.6 Å². The molecule has 0 aliphatic carbocycles. The van der Waals surface area contributed by atoms with Crippen molar-refractivity contribution in [1.82, 2.24) is 61.3 Å². The Morgan fingerprint density at radius 2 is 1.03 bits per heavy atom. The number of nitrogens with one attached hydrogen (secondary N) is 6. The average molecular weight is 1290 g/mol. The first-order chi connectivity index (χ1) is 43.2. The number of hydrogen-bond donors (Lipinski definition) is 7. The third-order valence-electron chi connectivity index (χ3n) is 17.5. The lowest BCUT2D eigenvalue weighted by Gasteiger charge is -2.38. The maximum absolute atomic E-state index is 15.1. The Morgan fingerprint density at radius 1 is 0.522 bits per heavy atom. The molecule has 0 bridgehead atoms. The fraction of sp³-hybridized carbons (Fsp3) is 0.642. The lowest BCUT2D eigenvalue weighted by molar-refractivity contribution is -0.150. The lowest BCUT2D eigenvalue weighted by atomic mass is 9.94. The average Bonchev–Trinajstić information content (AvgIpc) is 0.854. The van der Waals surface area contributed by atoms with Crippen LogP contribution in [0.1, 0.15) is 132 Å². The largest absolute Gasteiger partial charge is 0.391 e. The van der Waals surface area contributed by atoms with Crippen LogP contribution in [-0.2, 0) is 70.4 Å². The number of rotatable bonds is 13. The van der Waals surface area contributed by atoms with E-state index in [-0.39, 0.29) is 37.5 Å². The molecule has 0 aromatic heterocycles. The Kier molecular flexibility index (Phi) is 29.7. The Hall–Kier alpha value is -7.96. The number of hydrogen-bond acceptors (Lipinski definition) is 13. The Balaban J connectivity index is 1.89. The molecule has 2 aromatic rings. The van der Waals surface area contributed by atoms with Crippen LogP contribution < -0.4 is 31.9 Å². The van der Waals surface area contributed by atoms with Gasteiger partial charge in [-0.2, -0.15) is 0 Å². The zero-order valence-corrected chi connectivity index (χ0v) is 56.9. The molecule has 7 N–H and O–H groups in total. The van der Waals surface area contributed by atoms with Gasteiger partial charge in [0.25, 0.3) is 0 Å². The quantitative estimate of drug-likeness (QED) is 0.151. The van der Waals surface area contributed by atoms with E-state index in [0.717, 1.165) is 16.2 Å². The Labute approximate surface area is 543 Å². The van der Waals surface area contributed by atoms with E-state index in [0.29, 0.717) is 43.5 Å². The van der Waals surface area contributed by atoms with Crippen LogP contribution in [0.25, 0.3) is 0 Å².